The first kappa shape index (κ1) is 52.3. The molecule has 2 aliphatic heterocycles. The summed E-state index contributed by atoms with van der Waals surface area (Å²) < 4.78 is 26.1. The lowest BCUT2D eigenvalue weighted by Gasteiger charge is -2.46. The summed E-state index contributed by atoms with van der Waals surface area (Å²) in [5.41, 5.74) is 3.80. The lowest BCUT2D eigenvalue weighted by atomic mass is 9.79. The highest BCUT2D eigenvalue weighted by Crippen LogP contribution is 2.36. The number of aliphatic hydroxyl groups is 4. The summed E-state index contributed by atoms with van der Waals surface area (Å²) in [6.07, 6.45) is 2.03. The molecule has 1 saturated heterocycles. The summed E-state index contributed by atoms with van der Waals surface area (Å²) in [6, 6.07) is 14.2. The zero-order chi connectivity index (χ0) is 49.2. The van der Waals surface area contributed by atoms with Gasteiger partial charge in [-0.05, 0) is 95.6 Å². The van der Waals surface area contributed by atoms with E-state index in [1.54, 1.807) is 68.0 Å². The number of ketones is 1. The van der Waals surface area contributed by atoms with Gasteiger partial charge < -0.3 is 49.4 Å². The number of hydrogen-bond donors (Lipinski definition) is 5. The van der Waals surface area contributed by atoms with Gasteiger partial charge in [-0.3, -0.25) is 19.5 Å². The fraction of sp³-hybridized carbons (Fsp3) is 0.549. The molecule has 0 radical (unpaired) electrons. The van der Waals surface area contributed by atoms with E-state index in [2.05, 4.69) is 20.2 Å². The third-order valence-corrected chi connectivity index (χ3v) is 13.4. The van der Waals surface area contributed by atoms with E-state index in [1.165, 1.54) is 13.2 Å². The van der Waals surface area contributed by atoms with Crippen molar-refractivity contribution in [3.63, 3.8) is 0 Å². The van der Waals surface area contributed by atoms with Crippen molar-refractivity contribution >= 4 is 22.7 Å². The molecular formula is C51H70N6O11. The topological polar surface area (TPSA) is 222 Å². The summed E-state index contributed by atoms with van der Waals surface area (Å²) in [5, 5.41) is 65.6. The Bertz CT molecular complexity index is 2360. The number of ether oxygens (including phenoxy) is 4. The average molecular weight is 943 g/mol. The van der Waals surface area contributed by atoms with Crippen LogP contribution in [0.1, 0.15) is 71.6 Å². The lowest BCUT2D eigenvalue weighted by Crippen LogP contribution is -2.63. The molecule has 2 aliphatic rings. The van der Waals surface area contributed by atoms with Gasteiger partial charge in [0.05, 0.1) is 79.9 Å². The van der Waals surface area contributed by atoms with Crippen molar-refractivity contribution in [3.8, 4) is 17.2 Å². The number of para-hydroxylation sites is 1. The van der Waals surface area contributed by atoms with E-state index in [1.807, 2.05) is 63.4 Å². The Morgan fingerprint density at radius 3 is 2.47 bits per heavy atom. The number of allylic oxidation sites excluding steroid dienone is 3. The Morgan fingerprint density at radius 2 is 1.75 bits per heavy atom. The quantitative estimate of drug-likeness (QED) is 0.108. The molecule has 1 fully saturated rings. The molecule has 0 aliphatic carbocycles. The van der Waals surface area contributed by atoms with Crippen LogP contribution in [0.2, 0.25) is 0 Å². The van der Waals surface area contributed by atoms with Gasteiger partial charge in [-0.15, -0.1) is 5.10 Å². The molecule has 370 valence electrons. The van der Waals surface area contributed by atoms with Crippen molar-refractivity contribution in [1.29, 1.82) is 0 Å². The maximum absolute atomic E-state index is 14.0. The molecule has 6 rings (SSSR count). The molecule has 0 bridgehead atoms. The number of esters is 1. The number of carbonyl (C=O) groups is 2. The van der Waals surface area contributed by atoms with Crippen molar-refractivity contribution in [3.05, 3.63) is 96.0 Å². The predicted octanol–water partition coefficient (Wildman–Crippen LogP) is 4.75. The number of aromatic nitrogens is 4. The van der Waals surface area contributed by atoms with Crippen LogP contribution in [0, 0.1) is 23.7 Å². The fourth-order valence-electron chi connectivity index (χ4n) is 9.41. The van der Waals surface area contributed by atoms with Crippen molar-refractivity contribution in [2.45, 2.75) is 122 Å². The third-order valence-electron chi connectivity index (χ3n) is 13.4. The monoisotopic (exact) mass is 943 g/mol. The van der Waals surface area contributed by atoms with Gasteiger partial charge in [-0.25, -0.2) is 4.68 Å². The van der Waals surface area contributed by atoms with E-state index >= 15 is 0 Å². The number of benzene rings is 2. The van der Waals surface area contributed by atoms with Gasteiger partial charge in [-0.1, -0.05) is 68.0 Å². The Kier molecular flexibility index (Phi) is 18.4. The second kappa shape index (κ2) is 23.9. The normalized spacial score (nSPS) is 30.3. The summed E-state index contributed by atoms with van der Waals surface area (Å²) in [6.45, 7) is 9.78. The van der Waals surface area contributed by atoms with Crippen LogP contribution in [0.3, 0.4) is 0 Å². The minimum Gasteiger partial charge on any atom is -0.504 e. The van der Waals surface area contributed by atoms with Gasteiger partial charge in [0.1, 0.15) is 12.2 Å². The molecule has 0 unspecified atom stereocenters. The first-order valence-electron chi connectivity index (χ1n) is 23.6. The smallest absolute Gasteiger partial charge is 0.308 e. The number of carbonyl (C=O) groups excluding carboxylic acids is 2. The van der Waals surface area contributed by atoms with Crippen molar-refractivity contribution < 1.29 is 54.1 Å². The molecule has 0 spiro atoms. The molecule has 12 atom stereocenters. The molecule has 0 amide bonds. The summed E-state index contributed by atoms with van der Waals surface area (Å²) in [4.78, 5) is 36.1. The van der Waals surface area contributed by atoms with Crippen LogP contribution in [-0.2, 0) is 36.9 Å². The maximum Gasteiger partial charge on any atom is 0.308 e. The molecular weight excluding hydrogens is 873 g/mol. The highest BCUT2D eigenvalue weighted by Gasteiger charge is 2.47. The van der Waals surface area contributed by atoms with Crippen molar-refractivity contribution in [1.82, 2.24) is 29.8 Å². The number of fused-ring (bicyclic) bond motifs is 1. The van der Waals surface area contributed by atoms with Crippen molar-refractivity contribution in [2.75, 3.05) is 34.4 Å². The number of hydrogen-bond acceptors (Lipinski definition) is 16. The summed E-state index contributed by atoms with van der Waals surface area (Å²) in [7, 11) is 4.98. The number of methoxy groups -OCH3 is 1. The van der Waals surface area contributed by atoms with Crippen LogP contribution >= 0.6 is 0 Å². The number of phenolic OH excluding ortho intramolecular Hbond substituents is 1. The van der Waals surface area contributed by atoms with E-state index in [-0.39, 0.29) is 31.0 Å². The van der Waals surface area contributed by atoms with E-state index in [0.29, 0.717) is 49.5 Å². The number of phenols is 1. The van der Waals surface area contributed by atoms with Crippen LogP contribution in [0.5, 0.6) is 11.5 Å². The summed E-state index contributed by atoms with van der Waals surface area (Å²) in [5.74, 6) is -2.85. The lowest BCUT2D eigenvalue weighted by molar-refractivity contribution is -0.304. The van der Waals surface area contributed by atoms with E-state index in [0.717, 1.165) is 22.2 Å². The molecule has 5 N–H and O–H groups in total. The number of aliphatic hydroxyl groups excluding tert-OH is 4. The molecule has 4 aromatic rings. The van der Waals surface area contributed by atoms with Crippen LogP contribution < -0.4 is 4.74 Å². The second-order valence-corrected chi connectivity index (χ2v) is 18.7. The average Bonchev–Trinajstić information content (AvgIpc) is 3.79. The number of nitrogens with zero attached hydrogens (tertiary/aromatic N) is 6. The van der Waals surface area contributed by atoms with Crippen molar-refractivity contribution in [2.24, 2.45) is 23.7 Å². The predicted molar refractivity (Wildman–Crippen MR) is 254 cm³/mol. The van der Waals surface area contributed by atoms with E-state index in [9.17, 15) is 35.1 Å². The number of cyclic esters (lactones) is 1. The SMILES string of the molecule is CC[C@H]1OC(=O)C[C@@H](O)[C@H](C)[C@@H](O[C@@H]2O[C@H](C)[C@@H](O)[C@H](N(C)C)[C@H]2O)[C@@H](CCN(Cc2ccc(O)c(OC)c2)Cc2cn(-c3cnc4ccccc4c3)nn2)C[C@@H](C)C(=O)/C=C/C(C)=C/[C@@H]1CO. The largest absolute Gasteiger partial charge is 0.504 e. The molecule has 68 heavy (non-hydrogen) atoms. The molecule has 2 aromatic heterocycles. The Labute approximate surface area is 399 Å². The molecule has 17 heteroatoms. The summed E-state index contributed by atoms with van der Waals surface area (Å²) >= 11 is 0. The minimum atomic E-state index is -1.31. The second-order valence-electron chi connectivity index (χ2n) is 18.7. The molecule has 0 saturated carbocycles. The van der Waals surface area contributed by atoms with Crippen LogP contribution in [-0.4, -0.2) is 150 Å². The molecule has 4 heterocycles. The molecule has 2 aromatic carbocycles. The van der Waals surface area contributed by atoms with Gasteiger partial charge in [0.15, 0.2) is 23.6 Å². The standard InChI is InChI=1S/C51H70N6O11/c1-9-44-37(29-58)20-30(2)14-16-41(59)31(3)21-36(50(32(4)43(61)24-46(62)67-44)68-51-49(64)47(55(6)7)48(63)33(5)66-51)18-19-56(26-34-15-17-42(60)45(22-34)65-8)27-38-28-57(54-53-38)39-23-35-12-10-11-13-40(35)52-25-39/h10-17,20,22-23,25,28,31-33,36-37,43-44,47-51,58,60-61,63-64H,9,18-19,21,24,26-27,29H2,1-8H3/b16-14+,30-20+/t31-,32+,33-,36+,37-,43-,44-,47+,48-,49-,50-,51+/m1/s1. The zero-order valence-corrected chi connectivity index (χ0v) is 40.5. The number of aromatic hydroxyl groups is 1. The van der Waals surface area contributed by atoms with Gasteiger partial charge in [0.2, 0.25) is 0 Å². The maximum atomic E-state index is 14.0. The Balaban J connectivity index is 1.38. The molecule has 17 nitrogen and oxygen atoms in total. The van der Waals surface area contributed by atoms with Crippen LogP contribution in [0.4, 0.5) is 0 Å². The van der Waals surface area contributed by atoms with Gasteiger partial charge in [0.25, 0.3) is 0 Å². The van der Waals surface area contributed by atoms with E-state index < -0.39 is 78.6 Å². The van der Waals surface area contributed by atoms with Gasteiger partial charge >= 0.3 is 5.97 Å². The zero-order valence-electron chi connectivity index (χ0n) is 40.5. The van der Waals surface area contributed by atoms with Crippen LogP contribution in [0.25, 0.3) is 16.6 Å². The Morgan fingerprint density at radius 1 is 0.985 bits per heavy atom. The highest BCUT2D eigenvalue weighted by molar-refractivity contribution is 5.91. The minimum absolute atomic E-state index is 0.000475. The first-order chi connectivity index (χ1) is 32.5. The number of rotatable bonds is 14. The third kappa shape index (κ3) is 13.1. The van der Waals surface area contributed by atoms with Crippen LogP contribution in [0.15, 0.2) is 84.7 Å². The van der Waals surface area contributed by atoms with E-state index in [4.69, 9.17) is 18.9 Å². The van der Waals surface area contributed by atoms with Gasteiger partial charge in [-0.2, -0.15) is 0 Å². The fourth-order valence-corrected chi connectivity index (χ4v) is 9.41. The number of likely N-dealkylation sites (N-methyl/N-ethyl adjacent to an activating group) is 1. The van der Waals surface area contributed by atoms with Gasteiger partial charge in [0, 0.05) is 36.2 Å². The highest BCUT2D eigenvalue weighted by atomic mass is 16.7. The number of pyridine rings is 1. The first-order valence-corrected chi connectivity index (χ1v) is 23.6. The Hall–Kier alpha value is -5.11.